The molecule has 5 rings (SSSR count). The van der Waals surface area contributed by atoms with Crippen LogP contribution in [0.2, 0.25) is 5.02 Å². The second-order valence-corrected chi connectivity index (χ2v) is 11.7. The van der Waals surface area contributed by atoms with Crippen LogP contribution in [0.25, 0.3) is 22.3 Å². The SMILES string of the molecule is COc1cc(-c2cccc(-c3cccc(NC(=O)C4CN(C)C(=O)N(C)C4=O)c3C)c2Cl)cc(F)c1CNC[C@@H]1CCC(=O)N1. The molecule has 236 valence electrons. The van der Waals surface area contributed by atoms with Crippen LogP contribution in [0.5, 0.6) is 5.75 Å². The average molecular weight is 636 g/mol. The summed E-state index contributed by atoms with van der Waals surface area (Å²) >= 11 is 6.97. The normalized spacial score (nSPS) is 18.3. The molecule has 45 heavy (non-hydrogen) atoms. The molecule has 3 N–H and O–H groups in total. The van der Waals surface area contributed by atoms with Gasteiger partial charge in [0.1, 0.15) is 17.5 Å². The van der Waals surface area contributed by atoms with Gasteiger partial charge in [-0.2, -0.15) is 0 Å². The third-order valence-electron chi connectivity index (χ3n) is 8.36. The summed E-state index contributed by atoms with van der Waals surface area (Å²) in [6.07, 6.45) is 1.24. The maximum Gasteiger partial charge on any atom is 0.326 e. The summed E-state index contributed by atoms with van der Waals surface area (Å²) in [5.41, 5.74) is 4.12. The van der Waals surface area contributed by atoms with Gasteiger partial charge in [0.15, 0.2) is 0 Å². The first-order chi connectivity index (χ1) is 21.5. The van der Waals surface area contributed by atoms with Crippen LogP contribution in [0.1, 0.15) is 24.0 Å². The van der Waals surface area contributed by atoms with E-state index in [1.165, 1.54) is 32.2 Å². The van der Waals surface area contributed by atoms with Gasteiger partial charge in [0.25, 0.3) is 0 Å². The van der Waals surface area contributed by atoms with Gasteiger partial charge in [-0.1, -0.05) is 41.9 Å². The lowest BCUT2D eigenvalue weighted by Gasteiger charge is -2.33. The van der Waals surface area contributed by atoms with Crippen LogP contribution in [0, 0.1) is 18.7 Å². The molecule has 5 amide bonds. The van der Waals surface area contributed by atoms with Crippen molar-refractivity contribution in [3.63, 3.8) is 0 Å². The number of methoxy groups -OCH3 is 1. The fraction of sp³-hybridized carbons (Fsp3) is 0.333. The molecule has 2 aliphatic heterocycles. The van der Waals surface area contributed by atoms with Gasteiger partial charge >= 0.3 is 6.03 Å². The number of nitrogens with zero attached hydrogens (tertiary/aromatic N) is 2. The van der Waals surface area contributed by atoms with Gasteiger partial charge in [-0.15, -0.1) is 0 Å². The lowest BCUT2D eigenvalue weighted by atomic mass is 9.94. The maximum atomic E-state index is 15.5. The molecular formula is C33H35ClFN5O5. The van der Waals surface area contributed by atoms with Gasteiger partial charge < -0.3 is 25.6 Å². The van der Waals surface area contributed by atoms with Gasteiger partial charge in [0, 0.05) is 68.6 Å². The molecule has 0 bridgehead atoms. The number of benzene rings is 3. The number of ether oxygens (including phenoxy) is 1. The Morgan fingerprint density at radius 2 is 1.80 bits per heavy atom. The number of hydrogen-bond acceptors (Lipinski definition) is 6. The summed E-state index contributed by atoms with van der Waals surface area (Å²) in [7, 11) is 4.37. The Hall–Kier alpha value is -4.48. The summed E-state index contributed by atoms with van der Waals surface area (Å²) < 4.78 is 21.0. The number of nitrogens with one attached hydrogen (secondary N) is 3. The molecule has 12 heteroatoms. The summed E-state index contributed by atoms with van der Waals surface area (Å²) in [6, 6.07) is 13.5. The van der Waals surface area contributed by atoms with Gasteiger partial charge in [-0.05, 0) is 48.2 Å². The molecular weight excluding hydrogens is 601 g/mol. The molecule has 0 saturated carbocycles. The standard InChI is InChI=1S/C33H35ClFN5O5/c1-18-21(7-6-10-27(18)38-31(42)25-17-39(2)33(44)40(3)32(25)43)23-9-5-8-22(30(23)34)19-13-26(35)24(28(14-19)45-4)16-36-15-20-11-12-29(41)37-20/h5-10,13-14,20,25,36H,11-12,15-17H2,1-4H3,(H,37,41)(H,38,42)/t20-,25?/m0/s1. The molecule has 0 aliphatic carbocycles. The van der Waals surface area contributed by atoms with Crippen molar-refractivity contribution >= 4 is 41.0 Å². The molecule has 3 aromatic rings. The second-order valence-electron chi connectivity index (χ2n) is 11.3. The van der Waals surface area contributed by atoms with Crippen LogP contribution in [-0.2, 0) is 20.9 Å². The summed E-state index contributed by atoms with van der Waals surface area (Å²) in [4.78, 5) is 51.6. The third-order valence-corrected chi connectivity index (χ3v) is 8.77. The number of imide groups is 1. The minimum Gasteiger partial charge on any atom is -0.496 e. The number of anilines is 1. The number of hydrogen-bond donors (Lipinski definition) is 3. The number of rotatable bonds is 9. The quantitative estimate of drug-likeness (QED) is 0.296. The van der Waals surface area contributed by atoms with Crippen LogP contribution in [0.3, 0.4) is 0 Å². The lowest BCUT2D eigenvalue weighted by molar-refractivity contribution is -0.140. The molecule has 3 aromatic carbocycles. The molecule has 2 fully saturated rings. The van der Waals surface area contributed by atoms with Crippen LogP contribution >= 0.6 is 11.6 Å². The van der Waals surface area contributed by atoms with Crippen molar-refractivity contribution in [3.05, 3.63) is 70.5 Å². The predicted octanol–water partition coefficient (Wildman–Crippen LogP) is 4.58. The monoisotopic (exact) mass is 635 g/mol. The van der Waals surface area contributed by atoms with Gasteiger partial charge in [0.2, 0.25) is 17.7 Å². The van der Waals surface area contributed by atoms with E-state index in [-0.39, 0.29) is 25.0 Å². The fourth-order valence-corrected chi connectivity index (χ4v) is 6.11. The Kier molecular flexibility index (Phi) is 9.40. The molecule has 1 unspecified atom stereocenters. The van der Waals surface area contributed by atoms with Gasteiger partial charge in [-0.25, -0.2) is 9.18 Å². The number of carbonyl (C=O) groups excluding carboxylic acids is 4. The van der Waals surface area contributed by atoms with Crippen LogP contribution in [0.4, 0.5) is 14.9 Å². The van der Waals surface area contributed by atoms with E-state index in [1.54, 1.807) is 24.3 Å². The van der Waals surface area contributed by atoms with Gasteiger partial charge in [0.05, 0.1) is 12.1 Å². The Morgan fingerprint density at radius 3 is 2.51 bits per heavy atom. The smallest absolute Gasteiger partial charge is 0.326 e. The minimum atomic E-state index is -1.04. The Morgan fingerprint density at radius 1 is 1.09 bits per heavy atom. The van der Waals surface area contributed by atoms with E-state index in [9.17, 15) is 19.2 Å². The van der Waals surface area contributed by atoms with Crippen LogP contribution in [-0.4, -0.2) is 73.9 Å². The molecule has 0 spiro atoms. The molecule has 2 aliphatic rings. The summed E-state index contributed by atoms with van der Waals surface area (Å²) in [5, 5.41) is 9.33. The highest BCUT2D eigenvalue weighted by molar-refractivity contribution is 6.36. The first-order valence-corrected chi connectivity index (χ1v) is 15.0. The number of carbonyl (C=O) groups is 4. The Bertz CT molecular complexity index is 1680. The molecule has 0 radical (unpaired) electrons. The fourth-order valence-electron chi connectivity index (χ4n) is 5.78. The van der Waals surface area contributed by atoms with E-state index in [1.807, 2.05) is 25.1 Å². The van der Waals surface area contributed by atoms with Crippen molar-refractivity contribution in [2.24, 2.45) is 5.92 Å². The second kappa shape index (κ2) is 13.3. The maximum absolute atomic E-state index is 15.5. The summed E-state index contributed by atoms with van der Waals surface area (Å²) in [5.74, 6) is -2.19. The molecule has 2 saturated heterocycles. The highest BCUT2D eigenvalue weighted by Gasteiger charge is 2.39. The zero-order valence-electron chi connectivity index (χ0n) is 25.5. The number of urea groups is 1. The van der Waals surface area contributed by atoms with Crippen molar-refractivity contribution < 1.29 is 28.3 Å². The molecule has 0 aromatic heterocycles. The van der Waals surface area contributed by atoms with E-state index in [4.69, 9.17) is 16.3 Å². The molecule has 10 nitrogen and oxygen atoms in total. The number of halogens is 2. The van der Waals surface area contributed by atoms with Crippen molar-refractivity contribution in [2.75, 3.05) is 39.6 Å². The van der Waals surface area contributed by atoms with Crippen molar-refractivity contribution in [1.29, 1.82) is 0 Å². The first kappa shape index (κ1) is 31.9. The topological polar surface area (TPSA) is 120 Å². The van der Waals surface area contributed by atoms with Gasteiger partial charge in [-0.3, -0.25) is 19.3 Å². The zero-order chi connectivity index (χ0) is 32.4. The van der Waals surface area contributed by atoms with Crippen molar-refractivity contribution in [3.8, 4) is 28.0 Å². The predicted molar refractivity (Wildman–Crippen MR) is 169 cm³/mol. The number of amides is 5. The molecule has 2 heterocycles. The van der Waals surface area contributed by atoms with Crippen LogP contribution < -0.4 is 20.7 Å². The first-order valence-electron chi connectivity index (χ1n) is 14.6. The van der Waals surface area contributed by atoms with E-state index in [2.05, 4.69) is 16.0 Å². The van der Waals surface area contributed by atoms with E-state index in [0.717, 1.165) is 22.4 Å². The van der Waals surface area contributed by atoms with Crippen molar-refractivity contribution in [1.82, 2.24) is 20.4 Å². The lowest BCUT2D eigenvalue weighted by Crippen LogP contribution is -2.56. The van der Waals surface area contributed by atoms with Crippen molar-refractivity contribution in [2.45, 2.75) is 32.4 Å². The third kappa shape index (κ3) is 6.50. The van der Waals surface area contributed by atoms with E-state index < -0.39 is 29.6 Å². The highest BCUT2D eigenvalue weighted by Crippen LogP contribution is 2.41. The van der Waals surface area contributed by atoms with E-state index >= 15 is 4.39 Å². The largest absolute Gasteiger partial charge is 0.496 e. The highest BCUT2D eigenvalue weighted by atomic mass is 35.5. The Labute approximate surface area is 265 Å². The zero-order valence-corrected chi connectivity index (χ0v) is 26.3. The Balaban J connectivity index is 1.38. The van der Waals surface area contributed by atoms with Crippen LogP contribution in [0.15, 0.2) is 48.5 Å². The average Bonchev–Trinajstić information content (AvgIpc) is 3.44. The minimum absolute atomic E-state index is 0.0198. The summed E-state index contributed by atoms with van der Waals surface area (Å²) in [6.45, 7) is 2.56. The van der Waals surface area contributed by atoms with E-state index in [0.29, 0.717) is 51.7 Å². The molecule has 2 atom stereocenters.